The molecule has 4 heteroatoms. The van der Waals surface area contributed by atoms with Crippen molar-refractivity contribution < 1.29 is 9.50 Å². The minimum atomic E-state index is -0.317. The molecular weight excluding hydrogens is 231 g/mol. The molecule has 0 fully saturated rings. The Kier molecular flexibility index (Phi) is 3.97. The molecule has 2 aromatic rings. The van der Waals surface area contributed by atoms with Crippen molar-refractivity contribution in [1.82, 2.24) is 4.98 Å². The van der Waals surface area contributed by atoms with Gasteiger partial charge < -0.3 is 10.1 Å². The molecule has 3 nitrogen and oxygen atoms in total. The van der Waals surface area contributed by atoms with Crippen molar-refractivity contribution in [3.8, 4) is 5.88 Å². The number of aromatic hydroxyl groups is 1. The number of aliphatic imine (C=N–C) groups is 1. The van der Waals surface area contributed by atoms with Crippen LogP contribution in [0.25, 0.3) is 10.9 Å². The molecule has 2 N–H and O–H groups in total. The number of nitrogens with one attached hydrogen (secondary N) is 1. The molecule has 2 rings (SSSR count). The highest BCUT2D eigenvalue weighted by molar-refractivity contribution is 6.01. The summed E-state index contributed by atoms with van der Waals surface area (Å²) in [6.45, 7) is 2.87. The zero-order valence-corrected chi connectivity index (χ0v) is 10.4. The predicted molar refractivity (Wildman–Crippen MR) is 71.9 cm³/mol. The first-order valence-electron chi connectivity index (χ1n) is 6.22. The molecule has 0 amide bonds. The van der Waals surface area contributed by atoms with Gasteiger partial charge in [0.1, 0.15) is 5.82 Å². The molecule has 1 aromatic carbocycles. The molecule has 0 spiro atoms. The molecule has 0 aliphatic carbocycles. The van der Waals surface area contributed by atoms with Crippen LogP contribution < -0.4 is 0 Å². The smallest absolute Gasteiger partial charge is 0.198 e. The van der Waals surface area contributed by atoms with Gasteiger partial charge in [0.15, 0.2) is 5.88 Å². The number of rotatable bonds is 5. The normalized spacial score (nSPS) is 11.7. The minimum absolute atomic E-state index is 0.0369. The Hall–Kier alpha value is -1.84. The Balaban J connectivity index is 2.21. The Morgan fingerprint density at radius 2 is 2.22 bits per heavy atom. The maximum atomic E-state index is 13.2. The first-order valence-corrected chi connectivity index (χ1v) is 6.22. The number of benzene rings is 1. The summed E-state index contributed by atoms with van der Waals surface area (Å²) in [5.41, 5.74) is 1.27. The third-order valence-corrected chi connectivity index (χ3v) is 2.89. The molecule has 0 radical (unpaired) electrons. The monoisotopic (exact) mass is 248 g/mol. The fourth-order valence-electron chi connectivity index (χ4n) is 1.91. The Bertz CT molecular complexity index is 560. The second-order valence-corrected chi connectivity index (χ2v) is 4.32. The lowest BCUT2D eigenvalue weighted by atomic mass is 10.2. The van der Waals surface area contributed by atoms with Gasteiger partial charge in [0.2, 0.25) is 0 Å². The first-order chi connectivity index (χ1) is 8.72. The van der Waals surface area contributed by atoms with Crippen LogP contribution in [0.1, 0.15) is 31.7 Å². The molecule has 0 aliphatic heterocycles. The number of hydrogen-bond acceptors (Lipinski definition) is 2. The third kappa shape index (κ3) is 2.70. The molecule has 96 valence electrons. The zero-order chi connectivity index (χ0) is 13.0. The van der Waals surface area contributed by atoms with E-state index in [4.69, 9.17) is 0 Å². The van der Waals surface area contributed by atoms with Gasteiger partial charge in [0.25, 0.3) is 0 Å². The van der Waals surface area contributed by atoms with Crippen LogP contribution in [-0.2, 0) is 0 Å². The highest BCUT2D eigenvalue weighted by atomic mass is 19.1. The summed E-state index contributed by atoms with van der Waals surface area (Å²) in [6.07, 6.45) is 4.94. The van der Waals surface area contributed by atoms with Gasteiger partial charge in [-0.3, -0.25) is 4.99 Å². The van der Waals surface area contributed by atoms with Gasteiger partial charge in [-0.1, -0.05) is 19.8 Å². The summed E-state index contributed by atoms with van der Waals surface area (Å²) in [4.78, 5) is 7.07. The molecule has 0 saturated carbocycles. The summed E-state index contributed by atoms with van der Waals surface area (Å²) >= 11 is 0. The maximum Gasteiger partial charge on any atom is 0.198 e. The molecule has 0 unspecified atom stereocenters. The van der Waals surface area contributed by atoms with Gasteiger partial charge in [0.05, 0.1) is 5.56 Å². The molecule has 0 bridgehead atoms. The summed E-state index contributed by atoms with van der Waals surface area (Å²) < 4.78 is 13.2. The number of aromatic amines is 1. The summed E-state index contributed by atoms with van der Waals surface area (Å²) in [7, 11) is 0. The van der Waals surface area contributed by atoms with Gasteiger partial charge in [-0.05, 0) is 24.6 Å². The second kappa shape index (κ2) is 5.67. The molecule has 1 aromatic heterocycles. The number of H-pyrrole nitrogens is 1. The summed E-state index contributed by atoms with van der Waals surface area (Å²) in [5.74, 6) is -0.281. The van der Waals surface area contributed by atoms with E-state index in [1.54, 1.807) is 12.3 Å². The molecule has 1 heterocycles. The average molecular weight is 248 g/mol. The number of hydrogen-bond donors (Lipinski definition) is 2. The van der Waals surface area contributed by atoms with E-state index in [2.05, 4.69) is 16.9 Å². The Labute approximate surface area is 105 Å². The average Bonchev–Trinajstić information content (AvgIpc) is 2.65. The standard InChI is InChI=1S/C14H17FN2O/c1-2-3-4-7-16-9-12-11-8-10(15)5-6-13(11)17-14(12)18/h5-6,8-9,17-18H,2-4,7H2,1H3. The van der Waals surface area contributed by atoms with E-state index in [0.717, 1.165) is 25.8 Å². The fraction of sp³-hybridized carbons (Fsp3) is 0.357. The summed E-state index contributed by atoms with van der Waals surface area (Å²) in [6, 6.07) is 4.37. The van der Waals surface area contributed by atoms with E-state index in [9.17, 15) is 9.50 Å². The molecule has 18 heavy (non-hydrogen) atoms. The highest BCUT2D eigenvalue weighted by Gasteiger charge is 2.09. The van der Waals surface area contributed by atoms with Crippen LogP contribution in [-0.4, -0.2) is 22.8 Å². The second-order valence-electron chi connectivity index (χ2n) is 4.32. The molecule has 0 aliphatic rings. The van der Waals surface area contributed by atoms with Gasteiger partial charge in [-0.25, -0.2) is 4.39 Å². The largest absolute Gasteiger partial charge is 0.494 e. The molecule has 0 saturated heterocycles. The number of unbranched alkanes of at least 4 members (excludes halogenated alkanes) is 2. The van der Waals surface area contributed by atoms with Crippen molar-refractivity contribution in [3.05, 3.63) is 29.6 Å². The van der Waals surface area contributed by atoms with E-state index < -0.39 is 0 Å². The van der Waals surface area contributed by atoms with Crippen LogP contribution >= 0.6 is 0 Å². The number of nitrogens with zero attached hydrogens (tertiary/aromatic N) is 1. The van der Waals surface area contributed by atoms with Crippen molar-refractivity contribution in [3.63, 3.8) is 0 Å². The Morgan fingerprint density at radius 1 is 1.39 bits per heavy atom. The lowest BCUT2D eigenvalue weighted by molar-refractivity contribution is 0.457. The van der Waals surface area contributed by atoms with E-state index >= 15 is 0 Å². The van der Waals surface area contributed by atoms with Crippen LogP contribution in [0.15, 0.2) is 23.2 Å². The van der Waals surface area contributed by atoms with Gasteiger partial charge in [-0.15, -0.1) is 0 Å². The SMILES string of the molecule is CCCCCN=Cc1c(O)[nH]c2ccc(F)cc12. The maximum absolute atomic E-state index is 13.2. The zero-order valence-electron chi connectivity index (χ0n) is 10.4. The van der Waals surface area contributed by atoms with Gasteiger partial charge in [0, 0.05) is 23.7 Å². The topological polar surface area (TPSA) is 48.4 Å². The number of aromatic nitrogens is 1. The van der Waals surface area contributed by atoms with Crippen LogP contribution in [0.3, 0.4) is 0 Å². The third-order valence-electron chi connectivity index (χ3n) is 2.89. The highest BCUT2D eigenvalue weighted by Crippen LogP contribution is 2.26. The van der Waals surface area contributed by atoms with E-state index in [-0.39, 0.29) is 11.7 Å². The van der Waals surface area contributed by atoms with Crippen molar-refractivity contribution >= 4 is 17.1 Å². The van der Waals surface area contributed by atoms with E-state index in [1.807, 2.05) is 0 Å². The van der Waals surface area contributed by atoms with Gasteiger partial charge >= 0.3 is 0 Å². The van der Waals surface area contributed by atoms with Crippen molar-refractivity contribution in [2.45, 2.75) is 26.2 Å². The van der Waals surface area contributed by atoms with E-state index in [1.165, 1.54) is 12.1 Å². The quantitative estimate of drug-likeness (QED) is 0.616. The van der Waals surface area contributed by atoms with Crippen molar-refractivity contribution in [2.24, 2.45) is 4.99 Å². The lowest BCUT2D eigenvalue weighted by Gasteiger charge is -1.94. The molecule has 0 atom stereocenters. The lowest BCUT2D eigenvalue weighted by Crippen LogP contribution is -1.85. The number of halogens is 1. The number of fused-ring (bicyclic) bond motifs is 1. The van der Waals surface area contributed by atoms with Crippen LogP contribution in [0.4, 0.5) is 4.39 Å². The fourth-order valence-corrected chi connectivity index (χ4v) is 1.91. The summed E-state index contributed by atoms with van der Waals surface area (Å²) in [5, 5.41) is 10.4. The Morgan fingerprint density at radius 3 is 3.00 bits per heavy atom. The first kappa shape index (κ1) is 12.6. The van der Waals surface area contributed by atoms with Crippen LogP contribution in [0.2, 0.25) is 0 Å². The van der Waals surface area contributed by atoms with Gasteiger partial charge in [-0.2, -0.15) is 0 Å². The van der Waals surface area contributed by atoms with Crippen molar-refractivity contribution in [1.29, 1.82) is 0 Å². The van der Waals surface area contributed by atoms with E-state index in [0.29, 0.717) is 16.5 Å². The van der Waals surface area contributed by atoms with Crippen LogP contribution in [0.5, 0.6) is 5.88 Å². The van der Waals surface area contributed by atoms with Crippen molar-refractivity contribution in [2.75, 3.05) is 6.54 Å². The molecular formula is C14H17FN2O. The predicted octanol–water partition coefficient (Wildman–Crippen LogP) is 3.62. The van der Waals surface area contributed by atoms with Crippen LogP contribution in [0, 0.1) is 5.82 Å². The minimum Gasteiger partial charge on any atom is -0.494 e.